The van der Waals surface area contributed by atoms with Gasteiger partial charge in [-0.05, 0) is 39.8 Å². The molecule has 0 saturated carbocycles. The van der Waals surface area contributed by atoms with Crippen molar-refractivity contribution >= 4 is 0 Å². The lowest BCUT2D eigenvalue weighted by atomic mass is 9.89. The highest BCUT2D eigenvalue weighted by atomic mass is 16.5. The molecule has 0 saturated heterocycles. The number of hydrogen-bond donors (Lipinski definition) is 1. The zero-order valence-electron chi connectivity index (χ0n) is 12.8. The van der Waals surface area contributed by atoms with Crippen LogP contribution in [0.15, 0.2) is 18.2 Å². The van der Waals surface area contributed by atoms with Crippen LogP contribution in [0.1, 0.15) is 63.6 Å². The molecule has 0 spiro atoms. The summed E-state index contributed by atoms with van der Waals surface area (Å²) in [6, 6.07) is 6.94. The van der Waals surface area contributed by atoms with E-state index >= 15 is 0 Å². The average molecular weight is 261 g/mol. The minimum Gasteiger partial charge on any atom is -0.487 e. The number of unbranched alkanes of at least 4 members (excludes halogenated alkanes) is 2. The summed E-state index contributed by atoms with van der Waals surface area (Å²) in [5.74, 6) is 1.05. The van der Waals surface area contributed by atoms with E-state index in [0.717, 1.165) is 18.7 Å². The number of hydrogen-bond acceptors (Lipinski definition) is 2. The summed E-state index contributed by atoms with van der Waals surface area (Å²) in [6.07, 6.45) is 4.88. The minimum absolute atomic E-state index is 0.0787. The molecule has 1 aliphatic rings. The third-order valence-corrected chi connectivity index (χ3v) is 3.79. The second kappa shape index (κ2) is 5.96. The molecule has 1 heterocycles. The third kappa shape index (κ3) is 3.73. The van der Waals surface area contributed by atoms with Gasteiger partial charge in [0.1, 0.15) is 11.4 Å². The summed E-state index contributed by atoms with van der Waals surface area (Å²) in [6.45, 7) is 9.85. The molecular formula is C17H27NO. The molecule has 0 radical (unpaired) electrons. The van der Waals surface area contributed by atoms with E-state index in [1.165, 1.54) is 30.4 Å². The molecule has 1 unspecified atom stereocenters. The third-order valence-electron chi connectivity index (χ3n) is 3.79. The van der Waals surface area contributed by atoms with Crippen LogP contribution in [0.4, 0.5) is 0 Å². The molecule has 2 heteroatoms. The Balaban J connectivity index is 2.11. The highest BCUT2D eigenvalue weighted by Gasteiger charge is 2.33. The SMILES string of the molecule is CCCCCNC1CC(C)(C)Oc2ccc(C)cc21. The maximum atomic E-state index is 6.09. The van der Waals surface area contributed by atoms with E-state index in [4.69, 9.17) is 4.74 Å². The molecule has 2 rings (SSSR count). The van der Waals surface area contributed by atoms with Crippen molar-refractivity contribution in [2.75, 3.05) is 6.54 Å². The Hall–Kier alpha value is -1.02. The Morgan fingerprint density at radius 2 is 2.11 bits per heavy atom. The lowest BCUT2D eigenvalue weighted by molar-refractivity contribution is 0.0660. The number of benzene rings is 1. The molecule has 0 amide bonds. The Morgan fingerprint density at radius 1 is 1.32 bits per heavy atom. The summed E-state index contributed by atoms with van der Waals surface area (Å²) in [5.41, 5.74) is 2.56. The highest BCUT2D eigenvalue weighted by molar-refractivity contribution is 5.41. The molecule has 1 aliphatic heterocycles. The van der Waals surface area contributed by atoms with Gasteiger partial charge in [-0.15, -0.1) is 0 Å². The first-order chi connectivity index (χ1) is 9.02. The second-order valence-electron chi connectivity index (χ2n) is 6.32. The number of fused-ring (bicyclic) bond motifs is 1. The van der Waals surface area contributed by atoms with Crippen LogP contribution < -0.4 is 10.1 Å². The Kier molecular flexibility index (Phi) is 4.51. The number of ether oxygens (including phenoxy) is 1. The lowest BCUT2D eigenvalue weighted by Crippen LogP contribution is -2.39. The van der Waals surface area contributed by atoms with Crippen LogP contribution in [0.5, 0.6) is 5.75 Å². The normalized spacial score (nSPS) is 20.7. The smallest absolute Gasteiger partial charge is 0.124 e. The molecule has 0 bridgehead atoms. The number of nitrogens with one attached hydrogen (secondary N) is 1. The summed E-state index contributed by atoms with van der Waals surface area (Å²) in [4.78, 5) is 0. The molecule has 1 aromatic rings. The van der Waals surface area contributed by atoms with Crippen LogP contribution in [0.3, 0.4) is 0 Å². The van der Waals surface area contributed by atoms with Crippen LogP contribution in [0.25, 0.3) is 0 Å². The molecule has 1 N–H and O–H groups in total. The van der Waals surface area contributed by atoms with Crippen LogP contribution >= 0.6 is 0 Å². The van der Waals surface area contributed by atoms with Gasteiger partial charge in [0, 0.05) is 18.0 Å². The van der Waals surface area contributed by atoms with Crippen molar-refractivity contribution < 1.29 is 4.74 Å². The molecule has 1 aromatic carbocycles. The van der Waals surface area contributed by atoms with Crippen LogP contribution in [-0.2, 0) is 0 Å². The van der Waals surface area contributed by atoms with Gasteiger partial charge < -0.3 is 10.1 Å². The van der Waals surface area contributed by atoms with E-state index in [9.17, 15) is 0 Å². The summed E-state index contributed by atoms with van der Waals surface area (Å²) < 4.78 is 6.09. The first-order valence-electron chi connectivity index (χ1n) is 7.55. The van der Waals surface area contributed by atoms with Gasteiger partial charge in [0.15, 0.2) is 0 Å². The highest BCUT2D eigenvalue weighted by Crippen LogP contribution is 2.39. The first kappa shape index (κ1) is 14.4. The molecule has 0 aromatic heterocycles. The van der Waals surface area contributed by atoms with Crippen molar-refractivity contribution in [3.8, 4) is 5.75 Å². The van der Waals surface area contributed by atoms with E-state index in [2.05, 4.69) is 51.2 Å². The number of aryl methyl sites for hydroxylation is 1. The van der Waals surface area contributed by atoms with Crippen molar-refractivity contribution in [3.63, 3.8) is 0 Å². The van der Waals surface area contributed by atoms with Crippen LogP contribution in [0, 0.1) is 6.92 Å². The van der Waals surface area contributed by atoms with Crippen molar-refractivity contribution in [2.24, 2.45) is 0 Å². The average Bonchev–Trinajstić information content (AvgIpc) is 2.34. The molecule has 2 nitrogen and oxygen atoms in total. The van der Waals surface area contributed by atoms with Gasteiger partial charge in [-0.2, -0.15) is 0 Å². The van der Waals surface area contributed by atoms with Crippen LogP contribution in [-0.4, -0.2) is 12.1 Å². The predicted molar refractivity (Wildman–Crippen MR) is 80.8 cm³/mol. The quantitative estimate of drug-likeness (QED) is 0.794. The Morgan fingerprint density at radius 3 is 2.84 bits per heavy atom. The standard InChI is InChI=1S/C17H27NO/c1-5-6-7-10-18-15-12-17(3,4)19-16-9-8-13(2)11-14(15)16/h8-9,11,15,18H,5-7,10,12H2,1-4H3. The number of rotatable bonds is 5. The predicted octanol–water partition coefficient (Wildman–Crippen LogP) is 4.38. The molecule has 106 valence electrons. The molecule has 0 aliphatic carbocycles. The van der Waals surface area contributed by atoms with Crippen molar-refractivity contribution in [1.29, 1.82) is 0 Å². The van der Waals surface area contributed by atoms with Crippen molar-refractivity contribution in [2.45, 2.75) is 65.0 Å². The Bertz CT molecular complexity index is 425. The molecule has 1 atom stereocenters. The Labute approximate surface area is 117 Å². The van der Waals surface area contributed by atoms with E-state index in [1.54, 1.807) is 0 Å². The maximum Gasteiger partial charge on any atom is 0.124 e. The van der Waals surface area contributed by atoms with Gasteiger partial charge in [-0.3, -0.25) is 0 Å². The monoisotopic (exact) mass is 261 g/mol. The first-order valence-corrected chi connectivity index (χ1v) is 7.55. The van der Waals surface area contributed by atoms with Gasteiger partial charge in [0.25, 0.3) is 0 Å². The van der Waals surface area contributed by atoms with E-state index < -0.39 is 0 Å². The largest absolute Gasteiger partial charge is 0.487 e. The van der Waals surface area contributed by atoms with Gasteiger partial charge in [0.2, 0.25) is 0 Å². The van der Waals surface area contributed by atoms with Gasteiger partial charge in [-0.25, -0.2) is 0 Å². The van der Waals surface area contributed by atoms with Crippen molar-refractivity contribution in [3.05, 3.63) is 29.3 Å². The summed E-state index contributed by atoms with van der Waals surface area (Å²) in [7, 11) is 0. The van der Waals surface area contributed by atoms with Gasteiger partial charge in [0.05, 0.1) is 0 Å². The van der Waals surface area contributed by atoms with Crippen LogP contribution in [0.2, 0.25) is 0 Å². The van der Waals surface area contributed by atoms with E-state index in [1.807, 2.05) is 0 Å². The summed E-state index contributed by atoms with van der Waals surface area (Å²) >= 11 is 0. The molecular weight excluding hydrogens is 234 g/mol. The second-order valence-corrected chi connectivity index (χ2v) is 6.32. The van der Waals surface area contributed by atoms with Gasteiger partial charge >= 0.3 is 0 Å². The van der Waals surface area contributed by atoms with E-state index in [0.29, 0.717) is 6.04 Å². The zero-order chi connectivity index (χ0) is 13.9. The maximum absolute atomic E-state index is 6.09. The zero-order valence-corrected chi connectivity index (χ0v) is 12.8. The summed E-state index contributed by atoms with van der Waals surface area (Å²) in [5, 5.41) is 3.72. The lowest BCUT2D eigenvalue weighted by Gasteiger charge is -2.38. The fourth-order valence-corrected chi connectivity index (χ4v) is 2.81. The van der Waals surface area contributed by atoms with Gasteiger partial charge in [-0.1, -0.05) is 37.5 Å². The van der Waals surface area contributed by atoms with E-state index in [-0.39, 0.29) is 5.60 Å². The topological polar surface area (TPSA) is 21.3 Å². The van der Waals surface area contributed by atoms with Crippen molar-refractivity contribution in [1.82, 2.24) is 5.32 Å². The molecule has 19 heavy (non-hydrogen) atoms. The minimum atomic E-state index is -0.0787. The fraction of sp³-hybridized carbons (Fsp3) is 0.647. The fourth-order valence-electron chi connectivity index (χ4n) is 2.81. The molecule has 0 fully saturated rings.